The van der Waals surface area contributed by atoms with E-state index in [-0.39, 0.29) is 17.5 Å². The minimum absolute atomic E-state index is 0.0247. The van der Waals surface area contributed by atoms with Crippen molar-refractivity contribution in [1.82, 2.24) is 0 Å². The normalized spacial score (nSPS) is 27.6. The first-order valence-corrected chi connectivity index (χ1v) is 7.62. The van der Waals surface area contributed by atoms with Gasteiger partial charge in [0.1, 0.15) is 4.87 Å². The van der Waals surface area contributed by atoms with Gasteiger partial charge in [-0.05, 0) is 18.2 Å². The molecule has 2 heterocycles. The molecule has 1 aromatic carbocycles. The zero-order chi connectivity index (χ0) is 15.0. The van der Waals surface area contributed by atoms with E-state index in [1.54, 1.807) is 34.9 Å². The Morgan fingerprint density at radius 3 is 2.71 bits per heavy atom. The van der Waals surface area contributed by atoms with Gasteiger partial charge in [0.05, 0.1) is 4.92 Å². The third-order valence-electron chi connectivity index (χ3n) is 3.84. The highest BCUT2D eigenvalue weighted by molar-refractivity contribution is 8.01. The number of anilines is 1. The highest BCUT2D eigenvalue weighted by Gasteiger charge is 2.46. The molecule has 0 radical (unpaired) electrons. The molecule has 2 aliphatic heterocycles. The van der Waals surface area contributed by atoms with Gasteiger partial charge in [0.25, 0.3) is 11.6 Å². The lowest BCUT2D eigenvalue weighted by atomic mass is 9.99. The van der Waals surface area contributed by atoms with E-state index in [9.17, 15) is 14.9 Å². The summed E-state index contributed by atoms with van der Waals surface area (Å²) < 4.78 is 0. The third kappa shape index (κ3) is 2.15. The number of carbonyl (C=O) groups excluding carboxylic acids is 1. The lowest BCUT2D eigenvalue weighted by molar-refractivity contribution is -0.384. The van der Waals surface area contributed by atoms with E-state index in [0.717, 1.165) is 5.75 Å². The zero-order valence-corrected chi connectivity index (χ0v) is 12.2. The van der Waals surface area contributed by atoms with Gasteiger partial charge in [0, 0.05) is 35.6 Å². The standard InChI is InChI=1S/C15H14N2O3S/c1-11-3-2-10-21-15(11)9-8-14(18)16(15)12-4-6-13(7-5-12)17(19)20/h2-9,11H,10H2,1H3/t11?,15-/m1/s1. The molecule has 0 saturated heterocycles. The van der Waals surface area contributed by atoms with Crippen LogP contribution in [-0.4, -0.2) is 21.5 Å². The number of hydrogen-bond acceptors (Lipinski definition) is 4. The minimum Gasteiger partial charge on any atom is -0.290 e. The molecule has 6 heteroatoms. The van der Waals surface area contributed by atoms with Crippen molar-refractivity contribution in [2.75, 3.05) is 10.7 Å². The van der Waals surface area contributed by atoms with Crippen LogP contribution in [0.3, 0.4) is 0 Å². The van der Waals surface area contributed by atoms with Gasteiger partial charge >= 0.3 is 0 Å². The summed E-state index contributed by atoms with van der Waals surface area (Å²) in [7, 11) is 0. The van der Waals surface area contributed by atoms with Crippen LogP contribution in [0.2, 0.25) is 0 Å². The molecule has 1 unspecified atom stereocenters. The van der Waals surface area contributed by atoms with E-state index in [4.69, 9.17) is 0 Å². The Balaban J connectivity index is 2.01. The molecule has 3 rings (SSSR count). The van der Waals surface area contributed by atoms with E-state index in [1.165, 1.54) is 12.1 Å². The number of carbonyl (C=O) groups is 1. The second-order valence-corrected chi connectivity index (χ2v) is 6.34. The first-order valence-electron chi connectivity index (χ1n) is 6.63. The third-order valence-corrected chi connectivity index (χ3v) is 5.35. The lowest BCUT2D eigenvalue weighted by Crippen LogP contribution is -2.49. The molecule has 0 fully saturated rings. The molecule has 5 nitrogen and oxygen atoms in total. The molecule has 1 aromatic rings. The Morgan fingerprint density at radius 1 is 1.38 bits per heavy atom. The van der Waals surface area contributed by atoms with E-state index >= 15 is 0 Å². The molecule has 0 aromatic heterocycles. The van der Waals surface area contributed by atoms with E-state index in [1.807, 2.05) is 6.08 Å². The summed E-state index contributed by atoms with van der Waals surface area (Å²) in [6, 6.07) is 6.14. The number of amides is 1. The minimum atomic E-state index is -0.440. The van der Waals surface area contributed by atoms with Gasteiger partial charge < -0.3 is 0 Å². The fourth-order valence-electron chi connectivity index (χ4n) is 2.74. The average molecular weight is 302 g/mol. The van der Waals surface area contributed by atoms with Gasteiger partial charge in [-0.3, -0.25) is 19.8 Å². The maximum atomic E-state index is 12.3. The van der Waals surface area contributed by atoms with Gasteiger partial charge in [0.2, 0.25) is 0 Å². The SMILES string of the molecule is CC1C=CCS[C@]12C=CC(=O)N2c1ccc([N+](=O)[O-])cc1. The summed E-state index contributed by atoms with van der Waals surface area (Å²) in [5.41, 5.74) is 0.710. The summed E-state index contributed by atoms with van der Waals surface area (Å²) in [6.45, 7) is 2.07. The van der Waals surface area contributed by atoms with Crippen molar-refractivity contribution in [3.63, 3.8) is 0 Å². The molecule has 0 saturated carbocycles. The van der Waals surface area contributed by atoms with Crippen LogP contribution in [-0.2, 0) is 4.79 Å². The van der Waals surface area contributed by atoms with Crippen LogP contribution in [0.4, 0.5) is 11.4 Å². The maximum Gasteiger partial charge on any atom is 0.269 e. The molecule has 0 aliphatic carbocycles. The molecule has 2 aliphatic rings. The molecular weight excluding hydrogens is 288 g/mol. The summed E-state index contributed by atoms with van der Waals surface area (Å²) in [6.07, 6.45) is 7.74. The van der Waals surface area contributed by atoms with Crippen molar-refractivity contribution < 1.29 is 9.72 Å². The number of nitro benzene ring substituents is 1. The van der Waals surface area contributed by atoms with Crippen molar-refractivity contribution in [3.05, 3.63) is 58.7 Å². The van der Waals surface area contributed by atoms with Crippen molar-refractivity contribution in [3.8, 4) is 0 Å². The molecule has 1 spiro atoms. The van der Waals surface area contributed by atoms with Crippen LogP contribution < -0.4 is 4.90 Å². The van der Waals surface area contributed by atoms with Crippen molar-refractivity contribution in [2.24, 2.45) is 5.92 Å². The molecule has 0 N–H and O–H groups in total. The quantitative estimate of drug-likeness (QED) is 0.478. The Bertz CT molecular complexity index is 653. The number of thioether (sulfide) groups is 1. The van der Waals surface area contributed by atoms with Crippen molar-refractivity contribution in [2.45, 2.75) is 11.8 Å². The Morgan fingerprint density at radius 2 is 2.10 bits per heavy atom. The fourth-order valence-corrected chi connectivity index (χ4v) is 4.05. The van der Waals surface area contributed by atoms with Crippen LogP contribution >= 0.6 is 11.8 Å². The van der Waals surface area contributed by atoms with Gasteiger partial charge in [-0.1, -0.05) is 19.1 Å². The second kappa shape index (κ2) is 5.04. The van der Waals surface area contributed by atoms with E-state index < -0.39 is 9.79 Å². The van der Waals surface area contributed by atoms with Crippen molar-refractivity contribution in [1.29, 1.82) is 0 Å². The first-order chi connectivity index (χ1) is 10.0. The number of rotatable bonds is 2. The van der Waals surface area contributed by atoms with Crippen LogP contribution in [0.15, 0.2) is 48.6 Å². The summed E-state index contributed by atoms with van der Waals surface area (Å²) in [5, 5.41) is 10.7. The monoisotopic (exact) mass is 302 g/mol. The maximum absolute atomic E-state index is 12.3. The number of benzene rings is 1. The predicted molar refractivity (Wildman–Crippen MR) is 83.2 cm³/mol. The Labute approximate surface area is 126 Å². The zero-order valence-electron chi connectivity index (χ0n) is 11.4. The van der Waals surface area contributed by atoms with Gasteiger partial charge in [-0.25, -0.2) is 0 Å². The number of non-ortho nitro benzene ring substituents is 1. The van der Waals surface area contributed by atoms with E-state index in [0.29, 0.717) is 5.69 Å². The Kier molecular flexibility index (Phi) is 3.33. The largest absolute Gasteiger partial charge is 0.290 e. The van der Waals surface area contributed by atoms with Crippen LogP contribution in [0.1, 0.15) is 6.92 Å². The summed E-state index contributed by atoms with van der Waals surface area (Å²) in [5.74, 6) is 0.929. The smallest absolute Gasteiger partial charge is 0.269 e. The summed E-state index contributed by atoms with van der Waals surface area (Å²) >= 11 is 1.70. The molecule has 0 bridgehead atoms. The van der Waals surface area contributed by atoms with Crippen LogP contribution in [0.5, 0.6) is 0 Å². The number of hydrogen-bond donors (Lipinski definition) is 0. The fraction of sp³-hybridized carbons (Fsp3) is 0.267. The highest BCUT2D eigenvalue weighted by Crippen LogP contribution is 2.47. The lowest BCUT2D eigenvalue weighted by Gasteiger charge is -2.42. The van der Waals surface area contributed by atoms with Crippen LogP contribution in [0, 0.1) is 16.0 Å². The van der Waals surface area contributed by atoms with Gasteiger partial charge in [-0.15, -0.1) is 11.8 Å². The molecule has 1 amide bonds. The highest BCUT2D eigenvalue weighted by atomic mass is 32.2. The number of nitro groups is 1. The van der Waals surface area contributed by atoms with Crippen LogP contribution in [0.25, 0.3) is 0 Å². The molecule has 2 atom stereocenters. The molecule has 108 valence electrons. The topological polar surface area (TPSA) is 63.5 Å². The second-order valence-electron chi connectivity index (χ2n) is 5.06. The number of nitrogens with zero attached hydrogens (tertiary/aromatic N) is 2. The predicted octanol–water partition coefficient (Wildman–Crippen LogP) is 3.13. The summed E-state index contributed by atoms with van der Waals surface area (Å²) in [4.78, 5) is 23.9. The van der Waals surface area contributed by atoms with Crippen molar-refractivity contribution >= 4 is 29.0 Å². The van der Waals surface area contributed by atoms with Gasteiger partial charge in [-0.2, -0.15) is 0 Å². The Hall–Kier alpha value is -2.08. The van der Waals surface area contributed by atoms with E-state index in [2.05, 4.69) is 19.1 Å². The average Bonchev–Trinajstić information content (AvgIpc) is 2.80. The molecular formula is C15H14N2O3S. The molecule has 21 heavy (non-hydrogen) atoms. The van der Waals surface area contributed by atoms with Gasteiger partial charge in [0.15, 0.2) is 0 Å². The first kappa shape index (κ1) is 13.9.